The van der Waals surface area contributed by atoms with Gasteiger partial charge in [-0.15, -0.1) is 0 Å². The second kappa shape index (κ2) is 4.83. The van der Waals surface area contributed by atoms with Crippen LogP contribution in [-0.2, 0) is 0 Å². The summed E-state index contributed by atoms with van der Waals surface area (Å²) in [6.45, 7) is 7.43. The van der Waals surface area contributed by atoms with Gasteiger partial charge < -0.3 is 4.74 Å². The lowest BCUT2D eigenvalue weighted by Crippen LogP contribution is -2.11. The van der Waals surface area contributed by atoms with Gasteiger partial charge in [-0.1, -0.05) is 32.9 Å². The largest absolute Gasteiger partial charge is 0.492 e. The van der Waals surface area contributed by atoms with E-state index in [1.165, 1.54) is 0 Å². The van der Waals surface area contributed by atoms with E-state index in [0.29, 0.717) is 5.41 Å². The first-order valence-corrected chi connectivity index (χ1v) is 5.66. The highest BCUT2D eigenvalue weighted by Crippen LogP contribution is 2.25. The van der Waals surface area contributed by atoms with Crippen LogP contribution in [0, 0.1) is 5.41 Å². The van der Waals surface area contributed by atoms with Crippen LogP contribution in [0.4, 0.5) is 0 Å². The quantitative estimate of drug-likeness (QED) is 0.785. The molecule has 0 amide bonds. The van der Waals surface area contributed by atoms with E-state index in [9.17, 15) is 0 Å². The minimum Gasteiger partial charge on any atom is -0.492 e. The van der Waals surface area contributed by atoms with Crippen LogP contribution in [0.25, 0.3) is 0 Å². The van der Waals surface area contributed by atoms with Crippen LogP contribution in [0.3, 0.4) is 0 Å². The van der Waals surface area contributed by atoms with Gasteiger partial charge in [-0.2, -0.15) is 0 Å². The van der Waals surface area contributed by atoms with Gasteiger partial charge in [0.2, 0.25) is 0 Å². The molecular weight excluding hydrogens is 240 g/mol. The fourth-order valence-corrected chi connectivity index (χ4v) is 1.43. The molecule has 0 atom stereocenters. The van der Waals surface area contributed by atoms with Gasteiger partial charge >= 0.3 is 0 Å². The fourth-order valence-electron chi connectivity index (χ4n) is 1.03. The molecule has 78 valence electrons. The molecule has 0 aromatic heterocycles. The molecule has 0 aliphatic rings. The summed E-state index contributed by atoms with van der Waals surface area (Å²) in [4.78, 5) is 0. The third kappa shape index (κ3) is 4.14. The van der Waals surface area contributed by atoms with Gasteiger partial charge in [0.1, 0.15) is 5.75 Å². The minimum absolute atomic E-state index is 0.335. The number of para-hydroxylation sites is 1. The summed E-state index contributed by atoms with van der Waals surface area (Å²) in [5, 5.41) is 0. The van der Waals surface area contributed by atoms with E-state index < -0.39 is 0 Å². The van der Waals surface area contributed by atoms with Crippen LogP contribution in [0.15, 0.2) is 28.7 Å². The zero-order valence-corrected chi connectivity index (χ0v) is 10.6. The summed E-state index contributed by atoms with van der Waals surface area (Å²) >= 11 is 3.45. The molecule has 0 bridgehead atoms. The molecule has 0 radical (unpaired) electrons. The number of hydrogen-bond donors (Lipinski definition) is 0. The SMILES string of the molecule is CC(C)(C)CCOc1ccccc1Br. The van der Waals surface area contributed by atoms with Crippen molar-refractivity contribution in [1.29, 1.82) is 0 Å². The standard InChI is InChI=1S/C12H17BrO/c1-12(2,3)8-9-14-11-7-5-4-6-10(11)13/h4-7H,8-9H2,1-3H3. The van der Waals surface area contributed by atoms with Gasteiger partial charge in [0.05, 0.1) is 11.1 Å². The molecule has 0 saturated carbocycles. The molecule has 14 heavy (non-hydrogen) atoms. The Hall–Kier alpha value is -0.500. The highest BCUT2D eigenvalue weighted by molar-refractivity contribution is 9.10. The zero-order valence-electron chi connectivity index (χ0n) is 9.01. The molecule has 0 saturated heterocycles. The number of halogens is 1. The van der Waals surface area contributed by atoms with Crippen LogP contribution in [0.5, 0.6) is 5.75 Å². The van der Waals surface area contributed by atoms with E-state index in [0.717, 1.165) is 23.2 Å². The van der Waals surface area contributed by atoms with Crippen molar-refractivity contribution < 1.29 is 4.74 Å². The van der Waals surface area contributed by atoms with Gasteiger partial charge in [0.25, 0.3) is 0 Å². The number of hydrogen-bond acceptors (Lipinski definition) is 1. The lowest BCUT2D eigenvalue weighted by molar-refractivity contribution is 0.242. The Morgan fingerprint density at radius 2 is 1.86 bits per heavy atom. The summed E-state index contributed by atoms with van der Waals surface area (Å²) in [5.74, 6) is 0.928. The van der Waals surface area contributed by atoms with Gasteiger partial charge in [-0.05, 0) is 39.9 Å². The van der Waals surface area contributed by atoms with E-state index in [4.69, 9.17) is 4.74 Å². The molecule has 2 heteroatoms. The zero-order chi connectivity index (χ0) is 10.6. The average molecular weight is 257 g/mol. The normalized spacial score (nSPS) is 11.4. The molecule has 0 unspecified atom stereocenters. The molecule has 1 rings (SSSR count). The number of rotatable bonds is 3. The summed E-state index contributed by atoms with van der Waals surface area (Å²) < 4.78 is 6.69. The Kier molecular flexibility index (Phi) is 3.99. The number of ether oxygens (including phenoxy) is 1. The average Bonchev–Trinajstić information content (AvgIpc) is 2.06. The van der Waals surface area contributed by atoms with E-state index in [2.05, 4.69) is 36.7 Å². The van der Waals surface area contributed by atoms with Crippen molar-refractivity contribution in [3.63, 3.8) is 0 Å². The van der Waals surface area contributed by atoms with E-state index in [1.807, 2.05) is 24.3 Å². The molecule has 0 spiro atoms. The molecule has 0 N–H and O–H groups in total. The van der Waals surface area contributed by atoms with Crippen molar-refractivity contribution in [1.82, 2.24) is 0 Å². The highest BCUT2D eigenvalue weighted by atomic mass is 79.9. The lowest BCUT2D eigenvalue weighted by atomic mass is 9.93. The summed E-state index contributed by atoms with van der Waals surface area (Å²) in [6, 6.07) is 7.94. The van der Waals surface area contributed by atoms with Crippen molar-refractivity contribution in [3.8, 4) is 5.75 Å². The monoisotopic (exact) mass is 256 g/mol. The third-order valence-corrected chi connectivity index (χ3v) is 2.60. The maximum Gasteiger partial charge on any atom is 0.133 e. The summed E-state index contributed by atoms with van der Waals surface area (Å²) in [7, 11) is 0. The van der Waals surface area contributed by atoms with E-state index >= 15 is 0 Å². The molecule has 0 aliphatic heterocycles. The Bertz CT molecular complexity index is 289. The van der Waals surface area contributed by atoms with Crippen LogP contribution in [0.2, 0.25) is 0 Å². The maximum absolute atomic E-state index is 5.67. The summed E-state index contributed by atoms with van der Waals surface area (Å²) in [6.07, 6.45) is 1.06. The van der Waals surface area contributed by atoms with Gasteiger partial charge in [0.15, 0.2) is 0 Å². The van der Waals surface area contributed by atoms with Crippen molar-refractivity contribution in [3.05, 3.63) is 28.7 Å². The van der Waals surface area contributed by atoms with Gasteiger partial charge in [-0.25, -0.2) is 0 Å². The van der Waals surface area contributed by atoms with Crippen LogP contribution in [-0.4, -0.2) is 6.61 Å². The predicted octanol–water partition coefficient (Wildman–Crippen LogP) is 4.26. The van der Waals surface area contributed by atoms with Crippen LogP contribution < -0.4 is 4.74 Å². The molecule has 0 heterocycles. The first kappa shape index (κ1) is 11.6. The Morgan fingerprint density at radius 1 is 1.21 bits per heavy atom. The minimum atomic E-state index is 0.335. The Labute approximate surface area is 94.6 Å². The first-order chi connectivity index (χ1) is 6.49. The molecular formula is C12H17BrO. The smallest absolute Gasteiger partial charge is 0.133 e. The van der Waals surface area contributed by atoms with Crippen molar-refractivity contribution in [2.24, 2.45) is 5.41 Å². The number of benzene rings is 1. The molecule has 1 aromatic carbocycles. The van der Waals surface area contributed by atoms with Gasteiger partial charge in [-0.3, -0.25) is 0 Å². The second-order valence-corrected chi connectivity index (χ2v) is 5.44. The highest BCUT2D eigenvalue weighted by Gasteiger charge is 2.10. The van der Waals surface area contributed by atoms with Crippen molar-refractivity contribution in [2.75, 3.05) is 6.61 Å². The first-order valence-electron chi connectivity index (χ1n) is 4.86. The predicted molar refractivity (Wildman–Crippen MR) is 63.7 cm³/mol. The third-order valence-electron chi connectivity index (χ3n) is 1.95. The maximum atomic E-state index is 5.67. The topological polar surface area (TPSA) is 9.23 Å². The molecule has 0 aliphatic carbocycles. The van der Waals surface area contributed by atoms with Crippen LogP contribution in [0.1, 0.15) is 27.2 Å². The van der Waals surface area contributed by atoms with E-state index in [-0.39, 0.29) is 0 Å². The lowest BCUT2D eigenvalue weighted by Gasteiger charge is -2.18. The van der Waals surface area contributed by atoms with Crippen molar-refractivity contribution >= 4 is 15.9 Å². The van der Waals surface area contributed by atoms with Crippen LogP contribution >= 0.6 is 15.9 Å². The summed E-state index contributed by atoms with van der Waals surface area (Å²) in [5.41, 5.74) is 0.335. The molecule has 0 fully saturated rings. The Morgan fingerprint density at radius 3 is 2.43 bits per heavy atom. The van der Waals surface area contributed by atoms with Crippen molar-refractivity contribution in [2.45, 2.75) is 27.2 Å². The van der Waals surface area contributed by atoms with Gasteiger partial charge in [0, 0.05) is 0 Å². The Balaban J connectivity index is 2.43. The molecule has 1 aromatic rings. The fraction of sp³-hybridized carbons (Fsp3) is 0.500. The molecule has 1 nitrogen and oxygen atoms in total. The van der Waals surface area contributed by atoms with E-state index in [1.54, 1.807) is 0 Å². The second-order valence-electron chi connectivity index (χ2n) is 4.59.